The van der Waals surface area contributed by atoms with Crippen LogP contribution in [-0.2, 0) is 21.2 Å². The molecule has 1 saturated carbocycles. The predicted octanol–water partition coefficient (Wildman–Crippen LogP) is 3.96. The Kier molecular flexibility index (Phi) is 5.25. The van der Waals surface area contributed by atoms with Gasteiger partial charge in [-0.25, -0.2) is 8.42 Å². The SMILES string of the molecule is CCOc1ccc(NS(=O)(=O)c2ccc3c(c2)CC(C)N3C(=O)C2CCC2)cc1. The van der Waals surface area contributed by atoms with E-state index >= 15 is 0 Å². The summed E-state index contributed by atoms with van der Waals surface area (Å²) in [6.45, 7) is 4.47. The number of hydrogen-bond acceptors (Lipinski definition) is 4. The molecule has 1 atom stereocenters. The van der Waals surface area contributed by atoms with Crippen LogP contribution in [-0.4, -0.2) is 27.0 Å². The van der Waals surface area contributed by atoms with Crippen molar-refractivity contribution in [2.75, 3.05) is 16.2 Å². The Hall–Kier alpha value is -2.54. The highest BCUT2D eigenvalue weighted by Crippen LogP contribution is 2.38. The minimum atomic E-state index is -3.72. The van der Waals surface area contributed by atoms with Crippen LogP contribution in [0.3, 0.4) is 0 Å². The highest BCUT2D eigenvalue weighted by molar-refractivity contribution is 7.92. The molecule has 0 aromatic heterocycles. The van der Waals surface area contributed by atoms with Gasteiger partial charge >= 0.3 is 0 Å². The number of fused-ring (bicyclic) bond motifs is 1. The summed E-state index contributed by atoms with van der Waals surface area (Å²) >= 11 is 0. The Morgan fingerprint density at radius 2 is 1.90 bits per heavy atom. The van der Waals surface area contributed by atoms with Gasteiger partial charge < -0.3 is 9.64 Å². The first-order valence-electron chi connectivity index (χ1n) is 10.1. The zero-order chi connectivity index (χ0) is 20.6. The maximum absolute atomic E-state index is 12.8. The molecule has 1 N–H and O–H groups in total. The number of ether oxygens (including phenoxy) is 1. The average Bonchev–Trinajstić information content (AvgIpc) is 2.96. The van der Waals surface area contributed by atoms with Crippen molar-refractivity contribution in [3.05, 3.63) is 48.0 Å². The molecular formula is C22H26N2O4S. The molecule has 2 aromatic carbocycles. The van der Waals surface area contributed by atoms with Gasteiger partial charge in [0.2, 0.25) is 5.91 Å². The van der Waals surface area contributed by atoms with E-state index in [4.69, 9.17) is 4.74 Å². The van der Waals surface area contributed by atoms with Gasteiger partial charge in [0.05, 0.1) is 11.5 Å². The molecule has 29 heavy (non-hydrogen) atoms. The number of rotatable bonds is 6. The minimum absolute atomic E-state index is 0.0510. The number of nitrogens with one attached hydrogen (secondary N) is 1. The molecule has 6 nitrogen and oxygen atoms in total. The molecule has 1 amide bonds. The van der Waals surface area contributed by atoms with Crippen LogP contribution in [0, 0.1) is 5.92 Å². The summed E-state index contributed by atoms with van der Waals surface area (Å²) in [6.07, 6.45) is 3.69. The molecule has 1 aliphatic heterocycles. The first kappa shape index (κ1) is 19.8. The summed E-state index contributed by atoms with van der Waals surface area (Å²) in [5.74, 6) is 0.983. The van der Waals surface area contributed by atoms with Crippen LogP contribution in [0.2, 0.25) is 0 Å². The standard InChI is InChI=1S/C22H26N2O4S/c1-3-28-19-9-7-18(8-10-19)23-29(26,27)20-11-12-21-17(14-20)13-15(2)24(21)22(25)16-5-4-6-16/h7-12,14-16,23H,3-6,13H2,1-2H3. The Labute approximate surface area is 171 Å². The van der Waals surface area contributed by atoms with Gasteiger partial charge in [0, 0.05) is 23.3 Å². The second kappa shape index (κ2) is 7.71. The number of carbonyl (C=O) groups excluding carboxylic acids is 1. The second-order valence-corrected chi connectivity index (χ2v) is 9.43. The quantitative estimate of drug-likeness (QED) is 0.776. The number of carbonyl (C=O) groups is 1. The first-order chi connectivity index (χ1) is 13.9. The van der Waals surface area contributed by atoms with Crippen molar-refractivity contribution >= 4 is 27.3 Å². The Morgan fingerprint density at radius 3 is 2.52 bits per heavy atom. The fourth-order valence-electron chi connectivity index (χ4n) is 3.96. The van der Waals surface area contributed by atoms with Gasteiger partial charge in [0.15, 0.2) is 0 Å². The number of sulfonamides is 1. The van der Waals surface area contributed by atoms with Crippen molar-refractivity contribution in [3.63, 3.8) is 0 Å². The maximum atomic E-state index is 12.8. The van der Waals surface area contributed by atoms with Crippen LogP contribution in [0.1, 0.15) is 38.7 Å². The third-order valence-corrected chi connectivity index (χ3v) is 7.07. The van der Waals surface area contributed by atoms with Crippen molar-refractivity contribution in [2.24, 2.45) is 5.92 Å². The summed E-state index contributed by atoms with van der Waals surface area (Å²) < 4.78 is 33.7. The summed E-state index contributed by atoms with van der Waals surface area (Å²) in [7, 11) is -3.72. The smallest absolute Gasteiger partial charge is 0.261 e. The van der Waals surface area contributed by atoms with E-state index in [1.807, 2.05) is 18.7 Å². The van der Waals surface area contributed by atoms with E-state index in [0.29, 0.717) is 24.5 Å². The molecular weight excluding hydrogens is 388 g/mol. The molecule has 154 valence electrons. The Morgan fingerprint density at radius 1 is 1.17 bits per heavy atom. The van der Waals surface area contributed by atoms with Crippen molar-refractivity contribution in [3.8, 4) is 5.75 Å². The van der Waals surface area contributed by atoms with Crippen LogP contribution in [0.5, 0.6) is 5.75 Å². The topological polar surface area (TPSA) is 75.7 Å². The van der Waals surface area contributed by atoms with E-state index in [-0.39, 0.29) is 22.8 Å². The fourth-order valence-corrected chi connectivity index (χ4v) is 5.07. The van der Waals surface area contributed by atoms with Crippen molar-refractivity contribution in [1.29, 1.82) is 0 Å². The lowest BCUT2D eigenvalue weighted by Crippen LogP contribution is -2.42. The zero-order valence-corrected chi connectivity index (χ0v) is 17.5. The van der Waals surface area contributed by atoms with Gasteiger partial charge in [-0.3, -0.25) is 9.52 Å². The molecule has 0 spiro atoms. The number of nitrogens with zero attached hydrogens (tertiary/aromatic N) is 1. The highest BCUT2D eigenvalue weighted by Gasteiger charge is 2.37. The monoisotopic (exact) mass is 414 g/mol. The van der Waals surface area contributed by atoms with E-state index < -0.39 is 10.0 Å². The molecule has 2 aliphatic rings. The predicted molar refractivity (Wildman–Crippen MR) is 113 cm³/mol. The molecule has 1 aliphatic carbocycles. The van der Waals surface area contributed by atoms with Gasteiger partial charge in [-0.15, -0.1) is 0 Å². The fraction of sp³-hybridized carbons (Fsp3) is 0.409. The molecule has 1 unspecified atom stereocenters. The number of anilines is 2. The van der Waals surface area contributed by atoms with Crippen molar-refractivity contribution < 1.29 is 17.9 Å². The molecule has 1 heterocycles. The Bertz CT molecular complexity index is 1010. The lowest BCUT2D eigenvalue weighted by molar-refractivity contribution is -0.125. The summed E-state index contributed by atoms with van der Waals surface area (Å²) in [5, 5.41) is 0. The lowest BCUT2D eigenvalue weighted by atomic mass is 9.84. The van der Waals surface area contributed by atoms with Crippen molar-refractivity contribution in [2.45, 2.75) is 50.5 Å². The lowest BCUT2D eigenvalue weighted by Gasteiger charge is -2.32. The molecule has 1 fully saturated rings. The molecule has 2 aromatic rings. The minimum Gasteiger partial charge on any atom is -0.494 e. The molecule has 0 radical (unpaired) electrons. The van der Waals surface area contributed by atoms with Gasteiger partial charge in [-0.2, -0.15) is 0 Å². The molecule has 0 bridgehead atoms. The van der Waals surface area contributed by atoms with Crippen LogP contribution >= 0.6 is 0 Å². The van der Waals surface area contributed by atoms with Crippen molar-refractivity contribution in [1.82, 2.24) is 0 Å². The van der Waals surface area contributed by atoms with Gasteiger partial charge in [0.25, 0.3) is 10.0 Å². The normalized spacial score (nSPS) is 18.8. The van der Waals surface area contributed by atoms with Crippen LogP contribution < -0.4 is 14.4 Å². The number of hydrogen-bond donors (Lipinski definition) is 1. The zero-order valence-electron chi connectivity index (χ0n) is 16.7. The summed E-state index contributed by atoms with van der Waals surface area (Å²) in [4.78, 5) is 14.8. The van der Waals surface area contributed by atoms with Crippen LogP contribution in [0.25, 0.3) is 0 Å². The largest absolute Gasteiger partial charge is 0.494 e. The van der Waals surface area contributed by atoms with E-state index in [9.17, 15) is 13.2 Å². The van der Waals surface area contributed by atoms with Gasteiger partial charge in [0.1, 0.15) is 5.75 Å². The third-order valence-electron chi connectivity index (χ3n) is 5.69. The molecule has 7 heteroatoms. The summed E-state index contributed by atoms with van der Waals surface area (Å²) in [5.41, 5.74) is 2.22. The molecule has 4 rings (SSSR count). The van der Waals surface area contributed by atoms with Gasteiger partial charge in [-0.05, 0) is 81.1 Å². The number of amides is 1. The average molecular weight is 415 g/mol. The molecule has 0 saturated heterocycles. The second-order valence-electron chi connectivity index (χ2n) is 7.74. The first-order valence-corrected chi connectivity index (χ1v) is 11.6. The van der Waals surface area contributed by atoms with E-state index in [2.05, 4.69) is 4.72 Å². The highest BCUT2D eigenvalue weighted by atomic mass is 32.2. The van der Waals surface area contributed by atoms with Crippen LogP contribution in [0.4, 0.5) is 11.4 Å². The Balaban J connectivity index is 1.55. The van der Waals surface area contributed by atoms with Crippen LogP contribution in [0.15, 0.2) is 47.4 Å². The third kappa shape index (κ3) is 3.83. The summed E-state index contributed by atoms with van der Waals surface area (Å²) in [6, 6.07) is 11.9. The van der Waals surface area contributed by atoms with Gasteiger partial charge in [-0.1, -0.05) is 6.42 Å². The van der Waals surface area contributed by atoms with E-state index in [1.165, 1.54) is 0 Å². The van der Waals surface area contributed by atoms with E-state index in [0.717, 1.165) is 30.5 Å². The van der Waals surface area contributed by atoms with E-state index in [1.54, 1.807) is 42.5 Å². The number of benzene rings is 2. The maximum Gasteiger partial charge on any atom is 0.261 e.